The summed E-state index contributed by atoms with van der Waals surface area (Å²) < 4.78 is 40.0. The highest BCUT2D eigenvalue weighted by molar-refractivity contribution is 5.99. The number of carbonyl (C=O) groups excluding carboxylic acids is 1. The first kappa shape index (κ1) is 12.2. The molecule has 92 valence electrons. The van der Waals surface area contributed by atoms with E-state index in [1.165, 1.54) is 24.3 Å². The van der Waals surface area contributed by atoms with Crippen molar-refractivity contribution in [3.8, 4) is 11.1 Å². The van der Waals surface area contributed by atoms with Crippen LogP contribution in [0.3, 0.4) is 0 Å². The lowest BCUT2D eigenvalue weighted by atomic mass is 9.98. The minimum Gasteiger partial charge on any atom is -0.366 e. The van der Waals surface area contributed by atoms with E-state index in [4.69, 9.17) is 5.73 Å². The molecular weight excluding hydrogens is 243 g/mol. The fraction of sp³-hybridized carbons (Fsp3) is 0. The zero-order valence-electron chi connectivity index (χ0n) is 9.08. The number of nitrogens with two attached hydrogens (primary N) is 1. The lowest BCUT2D eigenvalue weighted by molar-refractivity contribution is 0.100. The van der Waals surface area contributed by atoms with Gasteiger partial charge in [0.15, 0.2) is 0 Å². The average molecular weight is 251 g/mol. The molecule has 0 aromatic heterocycles. The molecule has 0 spiro atoms. The molecule has 0 fully saturated rings. The van der Waals surface area contributed by atoms with Crippen LogP contribution in [-0.2, 0) is 0 Å². The van der Waals surface area contributed by atoms with Crippen molar-refractivity contribution in [2.45, 2.75) is 0 Å². The number of rotatable bonds is 2. The molecule has 0 bridgehead atoms. The van der Waals surface area contributed by atoms with E-state index >= 15 is 0 Å². The van der Waals surface area contributed by atoms with E-state index < -0.39 is 28.9 Å². The SMILES string of the molecule is NC(=O)c1ccccc1-c1c(F)cc(F)cc1F. The van der Waals surface area contributed by atoms with Crippen molar-refractivity contribution in [2.75, 3.05) is 0 Å². The molecule has 2 N–H and O–H groups in total. The molecule has 2 nitrogen and oxygen atoms in total. The smallest absolute Gasteiger partial charge is 0.249 e. The molecule has 2 rings (SSSR count). The van der Waals surface area contributed by atoms with Gasteiger partial charge in [0.1, 0.15) is 17.5 Å². The van der Waals surface area contributed by atoms with Gasteiger partial charge in [-0.15, -0.1) is 0 Å². The van der Waals surface area contributed by atoms with Crippen LogP contribution in [0.5, 0.6) is 0 Å². The number of primary amides is 1. The summed E-state index contributed by atoms with van der Waals surface area (Å²) in [5.41, 5.74) is 4.63. The van der Waals surface area contributed by atoms with Crippen LogP contribution in [0, 0.1) is 17.5 Å². The maximum atomic E-state index is 13.6. The Labute approximate surface area is 101 Å². The monoisotopic (exact) mass is 251 g/mol. The van der Waals surface area contributed by atoms with Gasteiger partial charge in [0.25, 0.3) is 0 Å². The Morgan fingerprint density at radius 1 is 1.00 bits per heavy atom. The van der Waals surface area contributed by atoms with Crippen LogP contribution in [0.15, 0.2) is 36.4 Å². The summed E-state index contributed by atoms with van der Waals surface area (Å²) in [6.45, 7) is 0. The third-order valence-electron chi connectivity index (χ3n) is 2.47. The molecule has 0 aliphatic carbocycles. The highest BCUT2D eigenvalue weighted by Crippen LogP contribution is 2.29. The molecule has 2 aromatic rings. The topological polar surface area (TPSA) is 43.1 Å². The normalized spacial score (nSPS) is 10.4. The Bertz CT molecular complexity index is 602. The highest BCUT2D eigenvalue weighted by atomic mass is 19.1. The van der Waals surface area contributed by atoms with Gasteiger partial charge in [0.05, 0.1) is 5.56 Å². The zero-order valence-corrected chi connectivity index (χ0v) is 9.08. The van der Waals surface area contributed by atoms with Crippen LogP contribution in [0.4, 0.5) is 13.2 Å². The van der Waals surface area contributed by atoms with E-state index in [2.05, 4.69) is 0 Å². The van der Waals surface area contributed by atoms with Gasteiger partial charge in [0, 0.05) is 23.3 Å². The first-order valence-corrected chi connectivity index (χ1v) is 5.04. The van der Waals surface area contributed by atoms with Gasteiger partial charge in [-0.3, -0.25) is 4.79 Å². The summed E-state index contributed by atoms with van der Waals surface area (Å²) in [5, 5.41) is 0. The van der Waals surface area contributed by atoms with Crippen LogP contribution in [0.25, 0.3) is 11.1 Å². The van der Waals surface area contributed by atoms with Gasteiger partial charge in [-0.1, -0.05) is 18.2 Å². The number of amides is 1. The van der Waals surface area contributed by atoms with Gasteiger partial charge in [-0.2, -0.15) is 0 Å². The van der Waals surface area contributed by atoms with Gasteiger partial charge in [-0.05, 0) is 6.07 Å². The predicted molar refractivity (Wildman–Crippen MR) is 60.3 cm³/mol. The Balaban J connectivity index is 2.74. The van der Waals surface area contributed by atoms with Crippen molar-refractivity contribution in [1.29, 1.82) is 0 Å². The number of benzene rings is 2. The zero-order chi connectivity index (χ0) is 13.3. The van der Waals surface area contributed by atoms with E-state index in [1.807, 2.05) is 0 Å². The molecule has 0 unspecified atom stereocenters. The van der Waals surface area contributed by atoms with E-state index in [0.717, 1.165) is 0 Å². The Morgan fingerprint density at radius 3 is 2.11 bits per heavy atom. The third kappa shape index (κ3) is 2.07. The minimum absolute atomic E-state index is 0.000000000000000666. The molecule has 1 amide bonds. The highest BCUT2D eigenvalue weighted by Gasteiger charge is 2.18. The van der Waals surface area contributed by atoms with Crippen molar-refractivity contribution in [3.05, 3.63) is 59.4 Å². The van der Waals surface area contributed by atoms with Crippen molar-refractivity contribution in [1.82, 2.24) is 0 Å². The molecule has 5 heteroatoms. The first-order valence-electron chi connectivity index (χ1n) is 5.04. The van der Waals surface area contributed by atoms with Crippen LogP contribution < -0.4 is 5.73 Å². The number of halogens is 3. The summed E-state index contributed by atoms with van der Waals surface area (Å²) in [5.74, 6) is -4.00. The molecule has 0 saturated carbocycles. The Hall–Kier alpha value is -2.30. The summed E-state index contributed by atoms with van der Waals surface area (Å²) in [4.78, 5) is 11.2. The summed E-state index contributed by atoms with van der Waals surface area (Å²) in [7, 11) is 0. The van der Waals surface area contributed by atoms with Crippen molar-refractivity contribution in [3.63, 3.8) is 0 Å². The Morgan fingerprint density at radius 2 is 1.56 bits per heavy atom. The lowest BCUT2D eigenvalue weighted by Crippen LogP contribution is -2.12. The second-order valence-corrected chi connectivity index (χ2v) is 3.65. The van der Waals surface area contributed by atoms with E-state index in [1.54, 1.807) is 0 Å². The maximum Gasteiger partial charge on any atom is 0.249 e. The van der Waals surface area contributed by atoms with Crippen molar-refractivity contribution >= 4 is 5.91 Å². The standard InChI is InChI=1S/C13H8F3NO/c14-7-5-10(15)12(11(16)6-7)8-3-1-2-4-9(8)13(17)18/h1-6H,(H2,17,18). The molecule has 0 heterocycles. The lowest BCUT2D eigenvalue weighted by Gasteiger charge is -2.09. The molecule has 2 aromatic carbocycles. The Kier molecular flexibility index (Phi) is 3.06. The van der Waals surface area contributed by atoms with E-state index in [-0.39, 0.29) is 11.1 Å². The molecular formula is C13H8F3NO. The van der Waals surface area contributed by atoms with Gasteiger partial charge >= 0.3 is 0 Å². The molecule has 0 aliphatic rings. The van der Waals surface area contributed by atoms with Crippen LogP contribution in [0.1, 0.15) is 10.4 Å². The summed E-state index contributed by atoms with van der Waals surface area (Å²) in [6.07, 6.45) is 0. The minimum atomic E-state index is -1.08. The van der Waals surface area contributed by atoms with Crippen LogP contribution in [0.2, 0.25) is 0 Å². The molecule has 0 aliphatic heterocycles. The summed E-state index contributed by atoms with van der Waals surface area (Å²) in [6, 6.07) is 6.82. The third-order valence-corrected chi connectivity index (χ3v) is 2.47. The molecule has 18 heavy (non-hydrogen) atoms. The largest absolute Gasteiger partial charge is 0.366 e. The van der Waals surface area contributed by atoms with Crippen molar-refractivity contribution < 1.29 is 18.0 Å². The molecule has 0 radical (unpaired) electrons. The fourth-order valence-electron chi connectivity index (χ4n) is 1.72. The molecule has 0 saturated heterocycles. The van der Waals surface area contributed by atoms with Gasteiger partial charge in [0.2, 0.25) is 5.91 Å². The number of carbonyl (C=O) groups is 1. The van der Waals surface area contributed by atoms with Crippen LogP contribution in [-0.4, -0.2) is 5.91 Å². The number of hydrogen-bond donors (Lipinski definition) is 1. The quantitative estimate of drug-likeness (QED) is 0.876. The maximum absolute atomic E-state index is 13.6. The average Bonchev–Trinajstić information content (AvgIpc) is 2.28. The van der Waals surface area contributed by atoms with Crippen LogP contribution >= 0.6 is 0 Å². The van der Waals surface area contributed by atoms with Gasteiger partial charge < -0.3 is 5.73 Å². The van der Waals surface area contributed by atoms with Gasteiger partial charge in [-0.25, -0.2) is 13.2 Å². The number of hydrogen-bond acceptors (Lipinski definition) is 1. The predicted octanol–water partition coefficient (Wildman–Crippen LogP) is 2.87. The van der Waals surface area contributed by atoms with E-state index in [9.17, 15) is 18.0 Å². The molecule has 0 atom stereocenters. The van der Waals surface area contributed by atoms with E-state index in [0.29, 0.717) is 12.1 Å². The van der Waals surface area contributed by atoms with Crippen molar-refractivity contribution in [2.24, 2.45) is 5.73 Å². The first-order chi connectivity index (χ1) is 8.50. The summed E-state index contributed by atoms with van der Waals surface area (Å²) >= 11 is 0. The second-order valence-electron chi connectivity index (χ2n) is 3.65. The second kappa shape index (κ2) is 4.52. The fourth-order valence-corrected chi connectivity index (χ4v) is 1.72.